The number of nitrogens with zero attached hydrogens (tertiary/aromatic N) is 1. The smallest absolute Gasteiger partial charge is 0.239 e. The largest absolute Gasteiger partial charge is 0.372 e. The summed E-state index contributed by atoms with van der Waals surface area (Å²) in [6.07, 6.45) is 0.155. The van der Waals surface area contributed by atoms with Crippen molar-refractivity contribution in [1.29, 1.82) is 0 Å². The molecule has 1 saturated heterocycles. The van der Waals surface area contributed by atoms with Gasteiger partial charge in [0.15, 0.2) is 0 Å². The topological polar surface area (TPSA) is 41.6 Å². The summed E-state index contributed by atoms with van der Waals surface area (Å²) in [6.45, 7) is 7.29. The van der Waals surface area contributed by atoms with E-state index in [1.54, 1.807) is 0 Å². The van der Waals surface area contributed by atoms with Gasteiger partial charge in [0.05, 0.1) is 24.3 Å². The summed E-state index contributed by atoms with van der Waals surface area (Å²) in [7, 11) is 0. The van der Waals surface area contributed by atoms with Crippen LogP contribution < -0.4 is 5.32 Å². The Hall–Kier alpha value is -2.17. The van der Waals surface area contributed by atoms with Crippen LogP contribution in [0.25, 0.3) is 0 Å². The summed E-state index contributed by atoms with van der Waals surface area (Å²) < 4.78 is 5.75. The molecule has 3 rings (SSSR count). The second kappa shape index (κ2) is 8.47. The molecule has 1 amide bonds. The number of morpholine rings is 1. The molecule has 2 aromatic rings. The van der Waals surface area contributed by atoms with Crippen LogP contribution in [0.5, 0.6) is 0 Å². The van der Waals surface area contributed by atoms with E-state index in [0.717, 1.165) is 11.1 Å². The molecule has 0 saturated carbocycles. The Balaban J connectivity index is 1.77. The molecular weight excluding hydrogens is 324 g/mol. The zero-order chi connectivity index (χ0) is 18.5. The number of carbonyl (C=O) groups is 1. The second-order valence-electron chi connectivity index (χ2n) is 7.14. The zero-order valence-electron chi connectivity index (χ0n) is 15.8. The van der Waals surface area contributed by atoms with Crippen LogP contribution in [0.15, 0.2) is 60.7 Å². The van der Waals surface area contributed by atoms with Gasteiger partial charge >= 0.3 is 0 Å². The summed E-state index contributed by atoms with van der Waals surface area (Å²) in [5.41, 5.74) is 2.31. The van der Waals surface area contributed by atoms with Gasteiger partial charge in [0, 0.05) is 13.1 Å². The Labute approximate surface area is 156 Å². The molecule has 4 heteroatoms. The van der Waals surface area contributed by atoms with Gasteiger partial charge in [-0.25, -0.2) is 0 Å². The SMILES string of the molecule is CC1CN(C(=O)C(C)NC(c2ccccc2)c2ccccc2)CC(C)O1. The monoisotopic (exact) mass is 352 g/mol. The van der Waals surface area contributed by atoms with Crippen molar-refractivity contribution in [3.63, 3.8) is 0 Å². The van der Waals surface area contributed by atoms with Gasteiger partial charge in [-0.05, 0) is 31.9 Å². The fraction of sp³-hybridized carbons (Fsp3) is 0.409. The maximum absolute atomic E-state index is 13.0. The minimum Gasteiger partial charge on any atom is -0.372 e. The molecule has 1 aliphatic heterocycles. The van der Waals surface area contributed by atoms with E-state index in [1.807, 2.05) is 62.1 Å². The third-order valence-electron chi connectivity index (χ3n) is 4.78. The normalized spacial score (nSPS) is 21.6. The van der Waals surface area contributed by atoms with E-state index < -0.39 is 0 Å². The molecule has 26 heavy (non-hydrogen) atoms. The Morgan fingerprint density at radius 3 is 1.88 bits per heavy atom. The second-order valence-corrected chi connectivity index (χ2v) is 7.14. The lowest BCUT2D eigenvalue weighted by Crippen LogP contribution is -2.53. The van der Waals surface area contributed by atoms with E-state index in [1.165, 1.54) is 0 Å². The third kappa shape index (κ3) is 4.51. The van der Waals surface area contributed by atoms with Crippen molar-refractivity contribution < 1.29 is 9.53 Å². The predicted octanol–water partition coefficient (Wildman–Crippen LogP) is 3.39. The van der Waals surface area contributed by atoms with Crippen molar-refractivity contribution >= 4 is 5.91 Å². The van der Waals surface area contributed by atoms with Gasteiger partial charge in [-0.2, -0.15) is 0 Å². The van der Waals surface area contributed by atoms with Crippen LogP contribution in [-0.4, -0.2) is 42.1 Å². The molecule has 1 N–H and O–H groups in total. The van der Waals surface area contributed by atoms with Gasteiger partial charge in [-0.1, -0.05) is 60.7 Å². The fourth-order valence-corrected chi connectivity index (χ4v) is 3.63. The highest BCUT2D eigenvalue weighted by molar-refractivity contribution is 5.81. The third-order valence-corrected chi connectivity index (χ3v) is 4.78. The summed E-state index contributed by atoms with van der Waals surface area (Å²) in [4.78, 5) is 14.9. The predicted molar refractivity (Wildman–Crippen MR) is 104 cm³/mol. The first-order valence-electron chi connectivity index (χ1n) is 9.34. The van der Waals surface area contributed by atoms with E-state index in [0.29, 0.717) is 13.1 Å². The Morgan fingerprint density at radius 1 is 0.962 bits per heavy atom. The number of hydrogen-bond donors (Lipinski definition) is 1. The molecular formula is C22H28N2O2. The van der Waals surface area contributed by atoms with E-state index in [-0.39, 0.29) is 30.2 Å². The van der Waals surface area contributed by atoms with Gasteiger partial charge in [0.1, 0.15) is 0 Å². The minimum atomic E-state index is -0.280. The number of benzene rings is 2. The lowest BCUT2D eigenvalue weighted by Gasteiger charge is -2.37. The van der Waals surface area contributed by atoms with Gasteiger partial charge in [-0.3, -0.25) is 10.1 Å². The molecule has 1 fully saturated rings. The molecule has 0 radical (unpaired) electrons. The van der Waals surface area contributed by atoms with Crippen LogP contribution in [0.1, 0.15) is 37.9 Å². The van der Waals surface area contributed by atoms with Crippen molar-refractivity contribution in [3.05, 3.63) is 71.8 Å². The lowest BCUT2D eigenvalue weighted by molar-refractivity contribution is -0.145. The highest BCUT2D eigenvalue weighted by Gasteiger charge is 2.30. The lowest BCUT2D eigenvalue weighted by atomic mass is 9.97. The molecule has 0 bridgehead atoms. The van der Waals surface area contributed by atoms with Crippen LogP contribution in [0, 0.1) is 0 Å². The van der Waals surface area contributed by atoms with Crippen LogP contribution in [0.3, 0.4) is 0 Å². The molecule has 138 valence electrons. The molecule has 3 atom stereocenters. The van der Waals surface area contributed by atoms with Crippen molar-refractivity contribution in [2.45, 2.75) is 45.1 Å². The van der Waals surface area contributed by atoms with Crippen molar-refractivity contribution in [3.8, 4) is 0 Å². The highest BCUT2D eigenvalue weighted by Crippen LogP contribution is 2.23. The van der Waals surface area contributed by atoms with Gasteiger partial charge in [0.25, 0.3) is 0 Å². The summed E-state index contributed by atoms with van der Waals surface area (Å²) in [6, 6.07) is 20.2. The molecule has 0 aromatic heterocycles. The Kier molecular flexibility index (Phi) is 6.07. The van der Waals surface area contributed by atoms with E-state index >= 15 is 0 Å². The molecule has 0 spiro atoms. The molecule has 2 aromatic carbocycles. The number of amides is 1. The Morgan fingerprint density at radius 2 is 1.42 bits per heavy atom. The maximum Gasteiger partial charge on any atom is 0.239 e. The number of hydrogen-bond acceptors (Lipinski definition) is 3. The van der Waals surface area contributed by atoms with Crippen LogP contribution >= 0.6 is 0 Å². The van der Waals surface area contributed by atoms with Gasteiger partial charge in [0.2, 0.25) is 5.91 Å². The molecule has 1 aliphatic rings. The van der Waals surface area contributed by atoms with E-state index in [9.17, 15) is 4.79 Å². The zero-order valence-corrected chi connectivity index (χ0v) is 15.8. The fourth-order valence-electron chi connectivity index (χ4n) is 3.63. The quantitative estimate of drug-likeness (QED) is 0.897. The minimum absolute atomic E-state index is 0.0211. The first-order valence-corrected chi connectivity index (χ1v) is 9.34. The summed E-state index contributed by atoms with van der Waals surface area (Å²) in [5.74, 6) is 0.129. The number of nitrogens with one attached hydrogen (secondary N) is 1. The van der Waals surface area contributed by atoms with E-state index in [4.69, 9.17) is 4.74 Å². The van der Waals surface area contributed by atoms with Crippen molar-refractivity contribution in [1.82, 2.24) is 10.2 Å². The molecule has 3 unspecified atom stereocenters. The first kappa shape index (κ1) is 18.6. The average Bonchev–Trinajstić information content (AvgIpc) is 2.66. The van der Waals surface area contributed by atoms with Gasteiger partial charge < -0.3 is 9.64 Å². The Bertz CT molecular complexity index is 655. The summed E-state index contributed by atoms with van der Waals surface area (Å²) >= 11 is 0. The first-order chi connectivity index (χ1) is 12.5. The van der Waals surface area contributed by atoms with Crippen molar-refractivity contribution in [2.75, 3.05) is 13.1 Å². The molecule has 1 heterocycles. The van der Waals surface area contributed by atoms with Crippen LogP contribution in [-0.2, 0) is 9.53 Å². The average molecular weight is 352 g/mol. The molecule has 4 nitrogen and oxygen atoms in total. The molecule has 0 aliphatic carbocycles. The van der Waals surface area contributed by atoms with Crippen LogP contribution in [0.4, 0.5) is 0 Å². The van der Waals surface area contributed by atoms with Crippen molar-refractivity contribution in [2.24, 2.45) is 0 Å². The highest BCUT2D eigenvalue weighted by atomic mass is 16.5. The number of ether oxygens (including phenoxy) is 1. The number of carbonyl (C=O) groups excluding carboxylic acids is 1. The maximum atomic E-state index is 13.0. The van der Waals surface area contributed by atoms with Crippen LogP contribution in [0.2, 0.25) is 0 Å². The van der Waals surface area contributed by atoms with Gasteiger partial charge in [-0.15, -0.1) is 0 Å². The summed E-state index contributed by atoms with van der Waals surface area (Å²) in [5, 5.41) is 3.54. The van der Waals surface area contributed by atoms with E-state index in [2.05, 4.69) is 29.6 Å². The number of rotatable bonds is 5. The standard InChI is InChI=1S/C22H28N2O2/c1-16-14-24(15-17(2)26-16)22(25)18(3)23-21(19-10-6-4-7-11-19)20-12-8-5-9-13-20/h4-13,16-18,21,23H,14-15H2,1-3H3.